The maximum atomic E-state index is 12.2. The number of urea groups is 1. The number of benzene rings is 2. The molecule has 0 aromatic heterocycles. The van der Waals surface area contributed by atoms with Gasteiger partial charge in [-0.15, -0.1) is 0 Å². The molecule has 0 aliphatic heterocycles. The van der Waals surface area contributed by atoms with E-state index in [2.05, 4.69) is 16.0 Å². The molecule has 5 nitrogen and oxygen atoms in total. The predicted molar refractivity (Wildman–Crippen MR) is 111 cm³/mol. The average molecular weight is 400 g/mol. The fourth-order valence-corrected chi connectivity index (χ4v) is 3.59. The summed E-state index contributed by atoms with van der Waals surface area (Å²) in [5.74, 6) is 0.0586. The molecule has 3 rings (SSSR count). The summed E-state index contributed by atoms with van der Waals surface area (Å²) in [4.78, 5) is 24.3. The molecule has 0 spiro atoms. The SMILES string of the molecule is O=C(Cc1ccccc1)NC1CCC(NC(=O)NCc2ccc(Cl)cc2)CC1. The molecule has 1 aliphatic rings. The topological polar surface area (TPSA) is 70.2 Å². The van der Waals surface area contributed by atoms with Crippen molar-refractivity contribution in [3.63, 3.8) is 0 Å². The van der Waals surface area contributed by atoms with E-state index in [1.54, 1.807) is 0 Å². The van der Waals surface area contributed by atoms with Crippen molar-refractivity contribution in [3.05, 3.63) is 70.7 Å². The van der Waals surface area contributed by atoms with Gasteiger partial charge in [0.15, 0.2) is 0 Å². The Hall–Kier alpha value is -2.53. The molecule has 3 N–H and O–H groups in total. The molecule has 1 fully saturated rings. The van der Waals surface area contributed by atoms with Gasteiger partial charge in [-0.05, 0) is 48.9 Å². The molecule has 3 amide bonds. The van der Waals surface area contributed by atoms with Crippen LogP contribution >= 0.6 is 11.6 Å². The van der Waals surface area contributed by atoms with Crippen molar-refractivity contribution >= 4 is 23.5 Å². The van der Waals surface area contributed by atoms with E-state index in [-0.39, 0.29) is 24.0 Å². The Balaban J connectivity index is 1.33. The molecule has 0 atom stereocenters. The van der Waals surface area contributed by atoms with E-state index in [1.165, 1.54) is 0 Å². The first-order chi connectivity index (χ1) is 13.6. The van der Waals surface area contributed by atoms with E-state index < -0.39 is 0 Å². The van der Waals surface area contributed by atoms with Crippen LogP contribution in [0.15, 0.2) is 54.6 Å². The lowest BCUT2D eigenvalue weighted by atomic mass is 9.91. The normalized spacial score (nSPS) is 18.9. The second-order valence-corrected chi connectivity index (χ2v) is 7.67. The zero-order valence-electron chi connectivity index (χ0n) is 15.8. The minimum absolute atomic E-state index is 0.0586. The van der Waals surface area contributed by atoms with Gasteiger partial charge in [0.05, 0.1) is 6.42 Å². The molecule has 28 heavy (non-hydrogen) atoms. The third-order valence-electron chi connectivity index (χ3n) is 5.00. The Morgan fingerprint density at radius 1 is 0.821 bits per heavy atom. The molecule has 6 heteroatoms. The minimum atomic E-state index is -0.161. The number of halogens is 1. The molecular weight excluding hydrogens is 374 g/mol. The fraction of sp³-hybridized carbons (Fsp3) is 0.364. The zero-order chi connectivity index (χ0) is 19.8. The van der Waals surface area contributed by atoms with Crippen LogP contribution < -0.4 is 16.0 Å². The largest absolute Gasteiger partial charge is 0.353 e. The summed E-state index contributed by atoms with van der Waals surface area (Å²) in [6, 6.07) is 17.3. The lowest BCUT2D eigenvalue weighted by Gasteiger charge is -2.29. The Bertz CT molecular complexity index is 772. The first kappa shape index (κ1) is 20.2. The average Bonchev–Trinajstić information content (AvgIpc) is 2.70. The van der Waals surface area contributed by atoms with Crippen LogP contribution in [0.25, 0.3) is 0 Å². The van der Waals surface area contributed by atoms with Crippen molar-refractivity contribution in [2.24, 2.45) is 0 Å². The Morgan fingerprint density at radius 2 is 1.43 bits per heavy atom. The van der Waals surface area contributed by atoms with Crippen LogP contribution in [0.5, 0.6) is 0 Å². The summed E-state index contributed by atoms with van der Waals surface area (Å²) < 4.78 is 0. The van der Waals surface area contributed by atoms with E-state index in [9.17, 15) is 9.59 Å². The number of amides is 3. The standard InChI is InChI=1S/C22H26ClN3O2/c23-18-8-6-17(7-9-18)15-24-22(28)26-20-12-10-19(11-13-20)25-21(27)14-16-4-2-1-3-5-16/h1-9,19-20H,10-15H2,(H,25,27)(H2,24,26,28). The number of rotatable bonds is 6. The maximum Gasteiger partial charge on any atom is 0.315 e. The van der Waals surface area contributed by atoms with Crippen molar-refractivity contribution in [3.8, 4) is 0 Å². The quantitative estimate of drug-likeness (QED) is 0.691. The molecule has 1 aliphatic carbocycles. The molecular formula is C22H26ClN3O2. The second-order valence-electron chi connectivity index (χ2n) is 7.23. The summed E-state index contributed by atoms with van der Waals surface area (Å²) >= 11 is 5.86. The summed E-state index contributed by atoms with van der Waals surface area (Å²) in [7, 11) is 0. The van der Waals surface area contributed by atoms with Crippen LogP contribution in [0.1, 0.15) is 36.8 Å². The first-order valence-electron chi connectivity index (χ1n) is 9.70. The highest BCUT2D eigenvalue weighted by atomic mass is 35.5. The molecule has 0 heterocycles. The van der Waals surface area contributed by atoms with Crippen molar-refractivity contribution in [1.82, 2.24) is 16.0 Å². The second kappa shape index (κ2) is 10.1. The van der Waals surface area contributed by atoms with Gasteiger partial charge in [0, 0.05) is 23.7 Å². The molecule has 0 radical (unpaired) electrons. The highest BCUT2D eigenvalue weighted by molar-refractivity contribution is 6.30. The predicted octanol–water partition coefficient (Wildman–Crippen LogP) is 3.81. The van der Waals surface area contributed by atoms with Gasteiger partial charge in [-0.1, -0.05) is 54.1 Å². The highest BCUT2D eigenvalue weighted by Crippen LogP contribution is 2.19. The van der Waals surface area contributed by atoms with Crippen molar-refractivity contribution < 1.29 is 9.59 Å². The summed E-state index contributed by atoms with van der Waals surface area (Å²) in [5, 5.41) is 9.69. The van der Waals surface area contributed by atoms with Crippen LogP contribution in [0, 0.1) is 0 Å². The molecule has 148 valence electrons. The van der Waals surface area contributed by atoms with E-state index >= 15 is 0 Å². The van der Waals surface area contributed by atoms with E-state index in [0.29, 0.717) is 18.0 Å². The van der Waals surface area contributed by atoms with Gasteiger partial charge in [0.2, 0.25) is 5.91 Å². The number of hydrogen-bond donors (Lipinski definition) is 3. The van der Waals surface area contributed by atoms with Gasteiger partial charge in [0.1, 0.15) is 0 Å². The van der Waals surface area contributed by atoms with Crippen molar-refractivity contribution in [2.75, 3.05) is 0 Å². The lowest BCUT2D eigenvalue weighted by Crippen LogP contribution is -2.46. The van der Waals surface area contributed by atoms with Crippen molar-refractivity contribution in [1.29, 1.82) is 0 Å². The number of hydrogen-bond acceptors (Lipinski definition) is 2. The van der Waals surface area contributed by atoms with E-state index in [4.69, 9.17) is 11.6 Å². The number of carbonyl (C=O) groups is 2. The first-order valence-corrected chi connectivity index (χ1v) is 10.1. The monoisotopic (exact) mass is 399 g/mol. The van der Waals surface area contributed by atoms with Crippen molar-refractivity contribution in [2.45, 2.75) is 50.7 Å². The zero-order valence-corrected chi connectivity index (χ0v) is 16.5. The van der Waals surface area contributed by atoms with Gasteiger partial charge in [-0.25, -0.2) is 4.79 Å². The summed E-state index contributed by atoms with van der Waals surface area (Å²) in [5.41, 5.74) is 2.03. The number of carbonyl (C=O) groups excluding carboxylic acids is 2. The van der Waals surface area contributed by atoms with Gasteiger partial charge in [-0.2, -0.15) is 0 Å². The van der Waals surface area contributed by atoms with Gasteiger partial charge in [-0.3, -0.25) is 4.79 Å². The van der Waals surface area contributed by atoms with E-state index in [0.717, 1.165) is 36.8 Å². The van der Waals surface area contributed by atoms with E-state index in [1.807, 2.05) is 54.6 Å². The van der Waals surface area contributed by atoms with Crippen LogP contribution in [0.4, 0.5) is 4.79 Å². The molecule has 0 bridgehead atoms. The summed E-state index contributed by atoms with van der Waals surface area (Å²) in [6.07, 6.45) is 3.90. The molecule has 2 aromatic rings. The molecule has 2 aromatic carbocycles. The Kier molecular flexibility index (Phi) is 7.31. The van der Waals surface area contributed by atoms with Crippen LogP contribution in [-0.4, -0.2) is 24.0 Å². The third kappa shape index (κ3) is 6.57. The molecule has 0 unspecified atom stereocenters. The Morgan fingerprint density at radius 3 is 2.07 bits per heavy atom. The Labute approximate surface area is 170 Å². The minimum Gasteiger partial charge on any atom is -0.353 e. The summed E-state index contributed by atoms with van der Waals surface area (Å²) in [6.45, 7) is 0.466. The lowest BCUT2D eigenvalue weighted by molar-refractivity contribution is -0.121. The fourth-order valence-electron chi connectivity index (χ4n) is 3.46. The molecule has 0 saturated heterocycles. The highest BCUT2D eigenvalue weighted by Gasteiger charge is 2.23. The van der Waals surface area contributed by atoms with Crippen LogP contribution in [-0.2, 0) is 17.8 Å². The molecule has 1 saturated carbocycles. The smallest absolute Gasteiger partial charge is 0.315 e. The van der Waals surface area contributed by atoms with Gasteiger partial charge in [0.25, 0.3) is 0 Å². The van der Waals surface area contributed by atoms with Gasteiger partial charge >= 0.3 is 6.03 Å². The van der Waals surface area contributed by atoms with Crippen LogP contribution in [0.2, 0.25) is 5.02 Å². The maximum absolute atomic E-state index is 12.2. The van der Waals surface area contributed by atoms with Crippen LogP contribution in [0.3, 0.4) is 0 Å². The number of nitrogens with one attached hydrogen (secondary N) is 3. The third-order valence-corrected chi connectivity index (χ3v) is 5.25. The van der Waals surface area contributed by atoms with Gasteiger partial charge < -0.3 is 16.0 Å².